The zero-order valence-electron chi connectivity index (χ0n) is 26.1. The predicted molar refractivity (Wildman–Crippen MR) is 164 cm³/mol. The molecule has 242 valence electrons. The van der Waals surface area contributed by atoms with Crippen LogP contribution in [-0.2, 0) is 20.7 Å². The third-order valence-corrected chi connectivity index (χ3v) is 8.69. The van der Waals surface area contributed by atoms with E-state index in [1.165, 1.54) is 12.1 Å². The molecule has 0 saturated carbocycles. The van der Waals surface area contributed by atoms with Crippen LogP contribution in [0.25, 0.3) is 0 Å². The number of hydrogen-bond acceptors (Lipinski definition) is 6. The highest BCUT2D eigenvalue weighted by atomic mass is 19.1. The van der Waals surface area contributed by atoms with Gasteiger partial charge in [-0.1, -0.05) is 39.2 Å². The van der Waals surface area contributed by atoms with Crippen molar-refractivity contribution in [3.8, 4) is 5.75 Å². The van der Waals surface area contributed by atoms with Crippen LogP contribution in [-0.4, -0.2) is 67.3 Å². The SMILES string of the molecule is CCCCO[C@@H]1C[C@H](NC[C@@H](O)[C@H](Cc2cc(F)cc(F)c2)NC(=O)CN2CC[C@H](CCCC)C2=O)c2cc(OC)ccc21. The molecule has 0 bridgehead atoms. The van der Waals surface area contributed by atoms with Crippen molar-refractivity contribution in [2.45, 2.75) is 89.5 Å². The summed E-state index contributed by atoms with van der Waals surface area (Å²) >= 11 is 0. The molecule has 0 unspecified atom stereocenters. The molecule has 4 rings (SSSR count). The maximum Gasteiger partial charge on any atom is 0.239 e. The molecule has 2 amide bonds. The van der Waals surface area contributed by atoms with E-state index in [1.807, 2.05) is 18.2 Å². The Balaban J connectivity index is 1.44. The number of methoxy groups -OCH3 is 1. The van der Waals surface area contributed by atoms with Crippen LogP contribution in [0, 0.1) is 17.6 Å². The molecule has 1 fully saturated rings. The summed E-state index contributed by atoms with van der Waals surface area (Å²) < 4.78 is 39.7. The minimum Gasteiger partial charge on any atom is -0.497 e. The lowest BCUT2D eigenvalue weighted by Crippen LogP contribution is -2.51. The van der Waals surface area contributed by atoms with Gasteiger partial charge >= 0.3 is 0 Å². The highest BCUT2D eigenvalue weighted by Crippen LogP contribution is 2.42. The lowest BCUT2D eigenvalue weighted by atomic mass is 10.00. The first-order valence-electron chi connectivity index (χ1n) is 16.0. The fourth-order valence-electron chi connectivity index (χ4n) is 6.24. The normalized spacial score (nSPS) is 20.9. The van der Waals surface area contributed by atoms with Crippen molar-refractivity contribution in [2.75, 3.05) is 33.4 Å². The van der Waals surface area contributed by atoms with Crippen LogP contribution in [0.1, 0.15) is 87.6 Å². The smallest absolute Gasteiger partial charge is 0.239 e. The van der Waals surface area contributed by atoms with Gasteiger partial charge in [-0.05, 0) is 73.1 Å². The summed E-state index contributed by atoms with van der Waals surface area (Å²) in [5.41, 5.74) is 2.40. The summed E-state index contributed by atoms with van der Waals surface area (Å²) in [7, 11) is 1.61. The molecule has 0 radical (unpaired) electrons. The van der Waals surface area contributed by atoms with Crippen LogP contribution >= 0.6 is 0 Å². The molecule has 3 N–H and O–H groups in total. The summed E-state index contributed by atoms with van der Waals surface area (Å²) in [5, 5.41) is 17.6. The first kappa shape index (κ1) is 33.8. The van der Waals surface area contributed by atoms with Gasteiger partial charge in [0, 0.05) is 37.7 Å². The number of fused-ring (bicyclic) bond motifs is 1. The average Bonchev–Trinajstić information content (AvgIpc) is 3.52. The Morgan fingerprint density at radius 3 is 2.55 bits per heavy atom. The highest BCUT2D eigenvalue weighted by molar-refractivity contribution is 5.87. The lowest BCUT2D eigenvalue weighted by Gasteiger charge is -2.27. The standard InChI is InChI=1S/C34H47F2N3O5/c1-4-6-8-23-11-12-39(34(23)42)21-33(41)38-30(16-22-14-24(35)17-25(36)15-22)31(40)20-37-29-19-32(44-13-7-5-2)27-10-9-26(43-3)18-28(27)29/h9-10,14-15,17-18,23,29-32,37,40H,4-8,11-13,16,19-21H2,1-3H3,(H,38,41)/t23-,29-,30-,31+,32+/m0/s1. The number of rotatable bonds is 17. The number of likely N-dealkylation sites (tertiary alicyclic amines) is 1. The Kier molecular flexibility index (Phi) is 12.5. The molecular formula is C34H47F2N3O5. The minimum absolute atomic E-state index is 0.00810. The van der Waals surface area contributed by atoms with E-state index in [0.29, 0.717) is 25.1 Å². The molecule has 44 heavy (non-hydrogen) atoms. The average molecular weight is 616 g/mol. The van der Waals surface area contributed by atoms with Gasteiger partial charge in [0.25, 0.3) is 0 Å². The van der Waals surface area contributed by atoms with Gasteiger partial charge < -0.3 is 30.1 Å². The Hall–Kier alpha value is -3.08. The van der Waals surface area contributed by atoms with Crippen molar-refractivity contribution in [2.24, 2.45) is 5.92 Å². The van der Waals surface area contributed by atoms with Crippen molar-refractivity contribution in [3.05, 3.63) is 64.7 Å². The number of aliphatic hydroxyl groups is 1. The van der Waals surface area contributed by atoms with Crippen molar-refractivity contribution in [3.63, 3.8) is 0 Å². The Morgan fingerprint density at radius 1 is 1.09 bits per heavy atom. The number of carbonyl (C=O) groups excluding carboxylic acids is 2. The van der Waals surface area contributed by atoms with Crippen LogP contribution in [0.15, 0.2) is 36.4 Å². The van der Waals surface area contributed by atoms with Gasteiger partial charge in [0.15, 0.2) is 0 Å². The lowest BCUT2D eigenvalue weighted by molar-refractivity contribution is -0.135. The van der Waals surface area contributed by atoms with Crippen molar-refractivity contribution >= 4 is 11.8 Å². The summed E-state index contributed by atoms with van der Waals surface area (Å²) in [6, 6.07) is 8.08. The van der Waals surface area contributed by atoms with Crippen molar-refractivity contribution < 1.29 is 33.0 Å². The van der Waals surface area contributed by atoms with E-state index in [1.54, 1.807) is 12.0 Å². The zero-order chi connectivity index (χ0) is 31.6. The van der Waals surface area contributed by atoms with Gasteiger partial charge in [-0.15, -0.1) is 0 Å². The van der Waals surface area contributed by atoms with Crippen LogP contribution in [0.3, 0.4) is 0 Å². The number of halogens is 2. The maximum atomic E-state index is 14.0. The number of carbonyl (C=O) groups is 2. The minimum atomic E-state index is -1.09. The molecule has 2 aromatic rings. The second-order valence-corrected chi connectivity index (χ2v) is 12.0. The summed E-state index contributed by atoms with van der Waals surface area (Å²) in [5.74, 6) is -1.25. The quantitative estimate of drug-likeness (QED) is 0.217. The number of benzene rings is 2. The van der Waals surface area contributed by atoms with Crippen LogP contribution in [0.4, 0.5) is 8.78 Å². The molecule has 10 heteroatoms. The van der Waals surface area contributed by atoms with E-state index in [0.717, 1.165) is 61.5 Å². The molecule has 1 heterocycles. The Bertz CT molecular complexity index is 1240. The number of nitrogens with zero attached hydrogens (tertiary/aromatic N) is 1. The molecule has 1 aliphatic heterocycles. The van der Waals surface area contributed by atoms with E-state index in [-0.39, 0.29) is 43.5 Å². The van der Waals surface area contributed by atoms with Crippen LogP contribution < -0.4 is 15.4 Å². The monoisotopic (exact) mass is 615 g/mol. The number of amides is 2. The Morgan fingerprint density at radius 2 is 1.84 bits per heavy atom. The van der Waals surface area contributed by atoms with Crippen molar-refractivity contribution in [1.29, 1.82) is 0 Å². The van der Waals surface area contributed by atoms with Gasteiger partial charge in [0.2, 0.25) is 11.8 Å². The predicted octanol–water partition coefficient (Wildman–Crippen LogP) is 4.99. The number of unbranched alkanes of at least 4 members (excludes halogenated alkanes) is 2. The topological polar surface area (TPSA) is 100 Å². The fourth-order valence-corrected chi connectivity index (χ4v) is 6.24. The van der Waals surface area contributed by atoms with E-state index < -0.39 is 29.7 Å². The van der Waals surface area contributed by atoms with Crippen LogP contribution in [0.2, 0.25) is 0 Å². The van der Waals surface area contributed by atoms with E-state index in [4.69, 9.17) is 9.47 Å². The van der Waals surface area contributed by atoms with E-state index in [2.05, 4.69) is 24.5 Å². The molecule has 5 atom stereocenters. The van der Waals surface area contributed by atoms with Crippen molar-refractivity contribution in [1.82, 2.24) is 15.5 Å². The second kappa shape index (κ2) is 16.3. The molecule has 2 aliphatic rings. The molecule has 1 aliphatic carbocycles. The zero-order valence-corrected chi connectivity index (χ0v) is 26.1. The highest BCUT2D eigenvalue weighted by Gasteiger charge is 2.35. The van der Waals surface area contributed by atoms with E-state index in [9.17, 15) is 23.5 Å². The molecular weight excluding hydrogens is 568 g/mol. The largest absolute Gasteiger partial charge is 0.497 e. The molecule has 1 saturated heterocycles. The third kappa shape index (κ3) is 8.99. The first-order chi connectivity index (χ1) is 21.2. The first-order valence-corrected chi connectivity index (χ1v) is 16.0. The maximum absolute atomic E-state index is 14.0. The molecule has 0 aromatic heterocycles. The van der Waals surface area contributed by atoms with Crippen LogP contribution in [0.5, 0.6) is 5.75 Å². The third-order valence-electron chi connectivity index (χ3n) is 8.69. The summed E-state index contributed by atoms with van der Waals surface area (Å²) in [6.45, 7) is 5.34. The van der Waals surface area contributed by atoms with Gasteiger partial charge in [0.1, 0.15) is 17.4 Å². The summed E-state index contributed by atoms with van der Waals surface area (Å²) in [4.78, 5) is 27.5. The molecule has 2 aromatic carbocycles. The molecule has 0 spiro atoms. The number of nitrogens with one attached hydrogen (secondary N) is 2. The number of ether oxygens (including phenoxy) is 2. The van der Waals surface area contributed by atoms with Gasteiger partial charge in [-0.2, -0.15) is 0 Å². The fraction of sp³-hybridized carbons (Fsp3) is 0.588. The summed E-state index contributed by atoms with van der Waals surface area (Å²) in [6.07, 6.45) is 4.99. The van der Waals surface area contributed by atoms with Gasteiger partial charge in [-0.3, -0.25) is 9.59 Å². The van der Waals surface area contributed by atoms with Gasteiger partial charge in [-0.25, -0.2) is 8.78 Å². The number of hydrogen-bond donors (Lipinski definition) is 3. The Labute approximate surface area is 259 Å². The van der Waals surface area contributed by atoms with Gasteiger partial charge in [0.05, 0.1) is 31.9 Å². The van der Waals surface area contributed by atoms with E-state index >= 15 is 0 Å². The molecule has 8 nitrogen and oxygen atoms in total. The number of aliphatic hydroxyl groups excluding tert-OH is 1. The second-order valence-electron chi connectivity index (χ2n) is 12.0.